The molecule has 0 atom stereocenters. The van der Waals surface area contributed by atoms with Gasteiger partial charge in [-0.1, -0.05) is 22.4 Å². The Morgan fingerprint density at radius 1 is 1.11 bits per heavy atom. The van der Waals surface area contributed by atoms with Crippen LogP contribution in [-0.2, 0) is 14.6 Å². The van der Waals surface area contributed by atoms with E-state index < -0.39 is 15.8 Å². The van der Waals surface area contributed by atoms with Crippen molar-refractivity contribution in [1.29, 1.82) is 0 Å². The summed E-state index contributed by atoms with van der Waals surface area (Å²) in [6, 6.07) is 6.52. The minimum Gasteiger partial charge on any atom is -0.481 e. The minimum absolute atomic E-state index is 0.0637. The van der Waals surface area contributed by atoms with Crippen molar-refractivity contribution in [2.75, 3.05) is 5.75 Å². The maximum Gasteiger partial charge on any atom is 0.303 e. The van der Waals surface area contributed by atoms with E-state index in [-0.39, 0.29) is 12.2 Å². The lowest BCUT2D eigenvalue weighted by Gasteiger charge is -2.04. The van der Waals surface area contributed by atoms with Crippen LogP contribution < -0.4 is 0 Å². The van der Waals surface area contributed by atoms with E-state index in [0.29, 0.717) is 24.2 Å². The molecule has 0 aromatic heterocycles. The molecule has 0 unspecified atom stereocenters. The predicted molar refractivity (Wildman–Crippen MR) is 72.3 cm³/mol. The topological polar surface area (TPSA) is 71.4 Å². The molecular weight excluding hydrogens is 320 g/mol. The Morgan fingerprint density at radius 3 is 2.28 bits per heavy atom. The standard InChI is InChI=1S/C12H15BrO4S/c13-10-5-7-11(8-6-10)18(16,17)9-3-1-2-4-12(14)15/h5-8H,1-4,9H2,(H,14,15). The average molecular weight is 335 g/mol. The maximum atomic E-state index is 11.9. The quantitative estimate of drug-likeness (QED) is 0.778. The summed E-state index contributed by atoms with van der Waals surface area (Å²) in [7, 11) is -3.25. The molecule has 0 bridgehead atoms. The van der Waals surface area contributed by atoms with Crippen molar-refractivity contribution in [3.05, 3.63) is 28.7 Å². The van der Waals surface area contributed by atoms with Gasteiger partial charge in [-0.3, -0.25) is 4.79 Å². The lowest BCUT2D eigenvalue weighted by Crippen LogP contribution is -2.07. The van der Waals surface area contributed by atoms with Gasteiger partial charge in [0.2, 0.25) is 0 Å². The number of carbonyl (C=O) groups is 1. The molecule has 100 valence electrons. The van der Waals surface area contributed by atoms with Crippen LogP contribution in [0.5, 0.6) is 0 Å². The molecule has 1 N–H and O–H groups in total. The first-order chi connectivity index (χ1) is 8.42. The number of unbranched alkanes of at least 4 members (excludes halogenated alkanes) is 2. The van der Waals surface area contributed by atoms with Crippen LogP contribution in [0.1, 0.15) is 25.7 Å². The summed E-state index contributed by atoms with van der Waals surface area (Å²) in [5, 5.41) is 8.45. The van der Waals surface area contributed by atoms with Gasteiger partial charge in [0.15, 0.2) is 9.84 Å². The molecule has 0 amide bonds. The van der Waals surface area contributed by atoms with E-state index in [1.807, 2.05) is 0 Å². The summed E-state index contributed by atoms with van der Waals surface area (Å²) in [5.74, 6) is -0.778. The molecule has 0 aliphatic heterocycles. The zero-order valence-corrected chi connectivity index (χ0v) is 12.2. The number of hydrogen-bond donors (Lipinski definition) is 1. The summed E-state index contributed by atoms with van der Waals surface area (Å²) in [5.41, 5.74) is 0. The zero-order chi connectivity index (χ0) is 13.6. The fourth-order valence-corrected chi connectivity index (χ4v) is 3.14. The average Bonchev–Trinajstić information content (AvgIpc) is 2.28. The molecule has 18 heavy (non-hydrogen) atoms. The van der Waals surface area contributed by atoms with Crippen LogP contribution >= 0.6 is 15.9 Å². The number of sulfone groups is 1. The van der Waals surface area contributed by atoms with Gasteiger partial charge >= 0.3 is 5.97 Å². The number of benzene rings is 1. The molecule has 0 fully saturated rings. The van der Waals surface area contributed by atoms with E-state index in [9.17, 15) is 13.2 Å². The molecule has 0 saturated carbocycles. The third kappa shape index (κ3) is 5.18. The number of rotatable bonds is 7. The molecule has 0 aliphatic rings. The van der Waals surface area contributed by atoms with Crippen molar-refractivity contribution >= 4 is 31.7 Å². The SMILES string of the molecule is O=C(O)CCCCCS(=O)(=O)c1ccc(Br)cc1. The van der Waals surface area contributed by atoms with Crippen molar-refractivity contribution in [3.63, 3.8) is 0 Å². The van der Waals surface area contributed by atoms with Crippen molar-refractivity contribution in [3.8, 4) is 0 Å². The molecule has 0 aliphatic carbocycles. The Balaban J connectivity index is 2.45. The van der Waals surface area contributed by atoms with E-state index >= 15 is 0 Å². The summed E-state index contributed by atoms with van der Waals surface area (Å²) in [6.07, 6.45) is 1.72. The third-order valence-electron chi connectivity index (χ3n) is 2.48. The number of carboxylic acid groups (broad SMARTS) is 1. The summed E-state index contributed by atoms with van der Waals surface area (Å²) >= 11 is 3.25. The fraction of sp³-hybridized carbons (Fsp3) is 0.417. The van der Waals surface area contributed by atoms with Crippen molar-refractivity contribution in [2.24, 2.45) is 0 Å². The lowest BCUT2D eigenvalue weighted by atomic mass is 10.2. The molecule has 4 nitrogen and oxygen atoms in total. The van der Waals surface area contributed by atoms with Crippen molar-refractivity contribution < 1.29 is 18.3 Å². The third-order valence-corrected chi connectivity index (χ3v) is 4.82. The Bertz CT molecular complexity index is 493. The van der Waals surface area contributed by atoms with Crippen LogP contribution in [0.3, 0.4) is 0 Å². The van der Waals surface area contributed by atoms with E-state index in [1.165, 1.54) is 0 Å². The predicted octanol–water partition coefficient (Wildman–Crippen LogP) is 2.87. The molecule has 6 heteroatoms. The van der Waals surface area contributed by atoms with Gasteiger partial charge < -0.3 is 5.11 Å². The second kappa shape index (κ2) is 6.89. The molecular formula is C12H15BrO4S. The van der Waals surface area contributed by atoms with Gasteiger partial charge in [0.05, 0.1) is 10.6 Å². The van der Waals surface area contributed by atoms with Gasteiger partial charge in [-0.2, -0.15) is 0 Å². The van der Waals surface area contributed by atoms with Crippen LogP contribution in [0.15, 0.2) is 33.6 Å². The summed E-state index contributed by atoms with van der Waals surface area (Å²) < 4.78 is 24.7. The molecule has 0 radical (unpaired) electrons. The van der Waals surface area contributed by atoms with E-state index in [1.54, 1.807) is 24.3 Å². The smallest absolute Gasteiger partial charge is 0.303 e. The molecule has 0 heterocycles. The number of hydrogen-bond acceptors (Lipinski definition) is 3. The second-order valence-corrected chi connectivity index (χ2v) is 7.00. The highest BCUT2D eigenvalue weighted by Gasteiger charge is 2.13. The molecule has 0 saturated heterocycles. The molecule has 1 aromatic rings. The summed E-state index contributed by atoms with van der Waals surface area (Å²) in [6.45, 7) is 0. The monoisotopic (exact) mass is 334 g/mol. The highest BCUT2D eigenvalue weighted by molar-refractivity contribution is 9.10. The van der Waals surface area contributed by atoms with Crippen LogP contribution in [0.4, 0.5) is 0 Å². The Labute approximate surface area is 115 Å². The summed E-state index contributed by atoms with van der Waals surface area (Å²) in [4.78, 5) is 10.6. The molecule has 0 spiro atoms. The molecule has 1 aromatic carbocycles. The first-order valence-electron chi connectivity index (χ1n) is 5.62. The van der Waals surface area contributed by atoms with Gasteiger partial charge in [0.1, 0.15) is 0 Å². The number of aliphatic carboxylic acids is 1. The van der Waals surface area contributed by atoms with Crippen molar-refractivity contribution in [1.82, 2.24) is 0 Å². The van der Waals surface area contributed by atoms with Gasteiger partial charge in [-0.25, -0.2) is 8.42 Å². The van der Waals surface area contributed by atoms with Crippen molar-refractivity contribution in [2.45, 2.75) is 30.6 Å². The van der Waals surface area contributed by atoms with Gasteiger partial charge in [-0.05, 0) is 37.1 Å². The zero-order valence-electron chi connectivity index (χ0n) is 9.80. The van der Waals surface area contributed by atoms with Gasteiger partial charge in [0.25, 0.3) is 0 Å². The first kappa shape index (κ1) is 15.2. The molecule has 1 rings (SSSR count). The Kier molecular flexibility index (Phi) is 5.81. The highest BCUT2D eigenvalue weighted by Crippen LogP contribution is 2.17. The van der Waals surface area contributed by atoms with Crippen LogP contribution in [0, 0.1) is 0 Å². The van der Waals surface area contributed by atoms with Crippen LogP contribution in [0.25, 0.3) is 0 Å². The van der Waals surface area contributed by atoms with Gasteiger partial charge in [0, 0.05) is 10.9 Å². The lowest BCUT2D eigenvalue weighted by molar-refractivity contribution is -0.137. The van der Waals surface area contributed by atoms with E-state index in [0.717, 1.165) is 4.47 Å². The normalized spacial score (nSPS) is 11.4. The maximum absolute atomic E-state index is 11.9. The van der Waals surface area contributed by atoms with Gasteiger partial charge in [-0.15, -0.1) is 0 Å². The number of carboxylic acids is 1. The second-order valence-electron chi connectivity index (χ2n) is 3.98. The first-order valence-corrected chi connectivity index (χ1v) is 8.06. The van der Waals surface area contributed by atoms with Crippen LogP contribution in [0.2, 0.25) is 0 Å². The van der Waals surface area contributed by atoms with Crippen LogP contribution in [-0.4, -0.2) is 25.2 Å². The Hall–Kier alpha value is -0.880. The van der Waals surface area contributed by atoms with E-state index in [4.69, 9.17) is 5.11 Å². The number of halogens is 1. The fourth-order valence-electron chi connectivity index (χ4n) is 1.50. The Morgan fingerprint density at radius 2 is 1.72 bits per heavy atom. The largest absolute Gasteiger partial charge is 0.481 e. The minimum atomic E-state index is -3.25. The highest BCUT2D eigenvalue weighted by atomic mass is 79.9. The van der Waals surface area contributed by atoms with E-state index in [2.05, 4.69) is 15.9 Å².